The average molecular weight is 231 g/mol. The summed E-state index contributed by atoms with van der Waals surface area (Å²) in [6, 6.07) is 0.315. The molecule has 1 amide bonds. The molecular weight excluding hydrogens is 220 g/mol. The lowest BCUT2D eigenvalue weighted by atomic mass is 10.3. The molecule has 1 fully saturated rings. The van der Waals surface area contributed by atoms with Crippen molar-refractivity contribution in [2.45, 2.75) is 24.8 Å². The van der Waals surface area contributed by atoms with Crippen molar-refractivity contribution >= 4 is 23.5 Å². The molecule has 0 spiro atoms. The predicted octanol–water partition coefficient (Wildman–Crippen LogP) is 0.670. The summed E-state index contributed by atoms with van der Waals surface area (Å²) in [5.41, 5.74) is 0. The molecule has 2 atom stereocenters. The third kappa shape index (κ3) is 2.38. The van der Waals surface area contributed by atoms with Gasteiger partial charge in [-0.1, -0.05) is 5.10 Å². The molecule has 0 aromatic carbocycles. The fraction of sp³-hybridized carbons (Fsp3) is 0.625. The van der Waals surface area contributed by atoms with Gasteiger partial charge in [-0.3, -0.25) is 4.79 Å². The van der Waals surface area contributed by atoms with E-state index in [-0.39, 0.29) is 17.3 Å². The maximum atomic E-state index is 10.9. The number of anilines is 1. The molecule has 2 N–H and O–H groups in total. The van der Waals surface area contributed by atoms with E-state index in [1.807, 2.05) is 0 Å². The number of hydrogen-bond acceptors (Lipinski definition) is 5. The first-order valence-corrected chi connectivity index (χ1v) is 5.09. The third-order valence-corrected chi connectivity index (χ3v) is 2.27. The summed E-state index contributed by atoms with van der Waals surface area (Å²) in [5, 5.41) is 12.9. The largest absolute Gasteiger partial charge is 0.406 e. The van der Waals surface area contributed by atoms with Gasteiger partial charge in [-0.15, -0.1) is 16.7 Å². The van der Waals surface area contributed by atoms with Gasteiger partial charge in [0.05, 0.1) is 6.04 Å². The van der Waals surface area contributed by atoms with Crippen molar-refractivity contribution in [3.63, 3.8) is 0 Å². The number of carbonyl (C=O) groups excluding carboxylic acids is 1. The summed E-state index contributed by atoms with van der Waals surface area (Å²) in [7, 11) is 0. The van der Waals surface area contributed by atoms with Crippen LogP contribution in [0.15, 0.2) is 4.42 Å². The van der Waals surface area contributed by atoms with Crippen LogP contribution in [-0.4, -0.2) is 28.7 Å². The number of halogens is 1. The second kappa shape index (κ2) is 4.06. The van der Waals surface area contributed by atoms with Crippen LogP contribution in [0, 0.1) is 0 Å². The number of nitrogens with zero attached hydrogens (tertiary/aromatic N) is 2. The van der Waals surface area contributed by atoms with Crippen LogP contribution >= 0.6 is 11.6 Å². The maximum absolute atomic E-state index is 10.9. The van der Waals surface area contributed by atoms with Crippen LogP contribution in [0.4, 0.5) is 6.01 Å². The minimum absolute atomic E-state index is 0.0106. The Balaban J connectivity index is 1.96. The molecule has 0 aliphatic carbocycles. The molecule has 82 valence electrons. The van der Waals surface area contributed by atoms with Crippen LogP contribution in [0.1, 0.15) is 24.6 Å². The first-order chi connectivity index (χ1) is 7.15. The van der Waals surface area contributed by atoms with Gasteiger partial charge in [0.2, 0.25) is 11.8 Å². The zero-order valence-electron chi connectivity index (χ0n) is 8.16. The molecule has 0 radical (unpaired) electrons. The Bertz CT molecular complexity index is 365. The average Bonchev–Trinajstić information content (AvgIpc) is 2.76. The molecule has 15 heavy (non-hydrogen) atoms. The van der Waals surface area contributed by atoms with E-state index in [9.17, 15) is 4.79 Å². The minimum atomic E-state index is -0.309. The van der Waals surface area contributed by atoms with Crippen LogP contribution in [0.25, 0.3) is 0 Å². The van der Waals surface area contributed by atoms with E-state index in [2.05, 4.69) is 20.8 Å². The summed E-state index contributed by atoms with van der Waals surface area (Å²) >= 11 is 5.77. The van der Waals surface area contributed by atoms with Crippen LogP contribution in [0.3, 0.4) is 0 Å². The molecule has 0 saturated carbocycles. The molecule has 6 nitrogen and oxygen atoms in total. The van der Waals surface area contributed by atoms with E-state index in [1.165, 1.54) is 0 Å². The van der Waals surface area contributed by atoms with Gasteiger partial charge in [-0.05, 0) is 6.92 Å². The van der Waals surface area contributed by atoms with Gasteiger partial charge >= 0.3 is 6.01 Å². The zero-order chi connectivity index (χ0) is 10.8. The molecule has 1 aliphatic rings. The first-order valence-electron chi connectivity index (χ1n) is 4.66. The molecule has 2 heterocycles. The quantitative estimate of drug-likeness (QED) is 0.746. The minimum Gasteiger partial charge on any atom is -0.406 e. The van der Waals surface area contributed by atoms with Crippen molar-refractivity contribution in [2.75, 3.05) is 11.9 Å². The highest BCUT2D eigenvalue weighted by atomic mass is 35.5. The monoisotopic (exact) mass is 230 g/mol. The van der Waals surface area contributed by atoms with E-state index in [0.717, 1.165) is 0 Å². The van der Waals surface area contributed by atoms with E-state index >= 15 is 0 Å². The van der Waals surface area contributed by atoms with Crippen molar-refractivity contribution < 1.29 is 9.21 Å². The number of hydrogen-bond donors (Lipinski definition) is 2. The normalized spacial score (nSPS) is 22.5. The Kier molecular flexibility index (Phi) is 2.77. The number of aromatic nitrogens is 2. The SMILES string of the molecule is CC(Cl)c1nnc(NC2CNC(=O)C2)o1. The Morgan fingerprint density at radius 3 is 3.00 bits per heavy atom. The first kappa shape index (κ1) is 10.2. The van der Waals surface area contributed by atoms with Gasteiger partial charge in [-0.25, -0.2) is 0 Å². The van der Waals surface area contributed by atoms with E-state index in [1.54, 1.807) is 6.92 Å². The van der Waals surface area contributed by atoms with E-state index < -0.39 is 0 Å². The summed E-state index contributed by atoms with van der Waals surface area (Å²) in [4.78, 5) is 10.9. The number of amides is 1. The van der Waals surface area contributed by atoms with Crippen molar-refractivity contribution in [1.82, 2.24) is 15.5 Å². The highest BCUT2D eigenvalue weighted by molar-refractivity contribution is 6.20. The molecule has 1 aromatic heterocycles. The van der Waals surface area contributed by atoms with Gasteiger partial charge in [-0.2, -0.15) is 0 Å². The van der Waals surface area contributed by atoms with Gasteiger partial charge in [0.15, 0.2) is 0 Å². The molecular formula is C8H11ClN4O2. The molecule has 2 unspecified atom stereocenters. The van der Waals surface area contributed by atoms with Gasteiger partial charge < -0.3 is 15.1 Å². The number of nitrogens with one attached hydrogen (secondary N) is 2. The Labute approximate surface area is 91.4 Å². The summed E-state index contributed by atoms with van der Waals surface area (Å²) in [5.74, 6) is 0.398. The number of carbonyl (C=O) groups is 1. The molecule has 1 saturated heterocycles. The zero-order valence-corrected chi connectivity index (χ0v) is 8.91. The highest BCUT2D eigenvalue weighted by Crippen LogP contribution is 2.20. The van der Waals surface area contributed by atoms with E-state index in [0.29, 0.717) is 24.9 Å². The maximum Gasteiger partial charge on any atom is 0.315 e. The van der Waals surface area contributed by atoms with Crippen molar-refractivity contribution in [3.8, 4) is 0 Å². The fourth-order valence-electron chi connectivity index (χ4n) is 1.34. The second-order valence-corrected chi connectivity index (χ2v) is 4.07. The van der Waals surface area contributed by atoms with E-state index in [4.69, 9.17) is 16.0 Å². The second-order valence-electron chi connectivity index (χ2n) is 3.41. The Morgan fingerprint density at radius 1 is 1.67 bits per heavy atom. The van der Waals surface area contributed by atoms with Gasteiger partial charge in [0.1, 0.15) is 5.38 Å². The smallest absolute Gasteiger partial charge is 0.315 e. The van der Waals surface area contributed by atoms with Crippen LogP contribution in [-0.2, 0) is 4.79 Å². The summed E-state index contributed by atoms with van der Waals surface area (Å²) in [6.07, 6.45) is 0.425. The van der Waals surface area contributed by atoms with Crippen molar-refractivity contribution in [1.29, 1.82) is 0 Å². The predicted molar refractivity (Wildman–Crippen MR) is 53.6 cm³/mol. The number of alkyl halides is 1. The summed E-state index contributed by atoms with van der Waals surface area (Å²) in [6.45, 7) is 2.33. The molecule has 0 bridgehead atoms. The third-order valence-electron chi connectivity index (χ3n) is 2.09. The van der Waals surface area contributed by atoms with Crippen molar-refractivity contribution in [3.05, 3.63) is 5.89 Å². The van der Waals surface area contributed by atoms with Crippen LogP contribution < -0.4 is 10.6 Å². The molecule has 1 aliphatic heterocycles. The lowest BCUT2D eigenvalue weighted by Crippen LogP contribution is -2.22. The molecule has 2 rings (SSSR count). The molecule has 7 heteroatoms. The highest BCUT2D eigenvalue weighted by Gasteiger charge is 2.23. The Hall–Kier alpha value is -1.30. The lowest BCUT2D eigenvalue weighted by molar-refractivity contribution is -0.119. The topological polar surface area (TPSA) is 80.0 Å². The van der Waals surface area contributed by atoms with Crippen LogP contribution in [0.2, 0.25) is 0 Å². The number of rotatable bonds is 3. The van der Waals surface area contributed by atoms with Crippen molar-refractivity contribution in [2.24, 2.45) is 0 Å². The molecule has 1 aromatic rings. The lowest BCUT2D eigenvalue weighted by Gasteiger charge is -2.05. The van der Waals surface area contributed by atoms with Gasteiger partial charge in [0.25, 0.3) is 0 Å². The van der Waals surface area contributed by atoms with Gasteiger partial charge in [0, 0.05) is 13.0 Å². The summed E-state index contributed by atoms with van der Waals surface area (Å²) < 4.78 is 5.24. The fourth-order valence-corrected chi connectivity index (χ4v) is 1.42. The Morgan fingerprint density at radius 2 is 2.47 bits per heavy atom. The standard InChI is InChI=1S/C8H11ClN4O2/c1-4(9)7-12-13-8(15-7)11-5-2-6(14)10-3-5/h4-5H,2-3H2,1H3,(H,10,14)(H,11,13). The van der Waals surface area contributed by atoms with Crippen LogP contribution in [0.5, 0.6) is 0 Å².